The monoisotopic (exact) mass is 333 g/mol. The Morgan fingerprint density at radius 2 is 1.90 bits per heavy atom. The third-order valence-corrected chi connectivity index (χ3v) is 3.87. The molecule has 0 saturated heterocycles. The van der Waals surface area contributed by atoms with Crippen molar-refractivity contribution in [3.05, 3.63) is 63.6 Å². The van der Waals surface area contributed by atoms with Crippen LogP contribution in [0.1, 0.15) is 29.7 Å². The minimum Gasteiger partial charge on any atom is -0.493 e. The second kappa shape index (κ2) is 6.91. The van der Waals surface area contributed by atoms with Gasteiger partial charge in [0.05, 0.1) is 17.1 Å². The molecule has 2 nitrogen and oxygen atoms in total. The van der Waals surface area contributed by atoms with E-state index >= 15 is 0 Å². The predicted molar refractivity (Wildman–Crippen MR) is 87.4 cm³/mol. The van der Waals surface area contributed by atoms with Crippen LogP contribution in [-0.4, -0.2) is 13.7 Å². The highest BCUT2D eigenvalue weighted by atomic mass is 79.9. The van der Waals surface area contributed by atoms with Crippen LogP contribution in [0.15, 0.2) is 46.9 Å². The van der Waals surface area contributed by atoms with Gasteiger partial charge in [0.25, 0.3) is 0 Å². The first-order valence-electron chi connectivity index (χ1n) is 6.81. The Balaban J connectivity index is 2.35. The summed E-state index contributed by atoms with van der Waals surface area (Å²) < 4.78 is 6.55. The van der Waals surface area contributed by atoms with E-state index in [1.165, 1.54) is 16.7 Å². The summed E-state index contributed by atoms with van der Waals surface area (Å²) >= 11 is 3.58. The highest BCUT2D eigenvalue weighted by Crippen LogP contribution is 2.31. The summed E-state index contributed by atoms with van der Waals surface area (Å²) in [6.07, 6.45) is 0. The van der Waals surface area contributed by atoms with E-state index in [9.17, 15) is 0 Å². The zero-order chi connectivity index (χ0) is 14.5. The van der Waals surface area contributed by atoms with Crippen LogP contribution in [0.2, 0.25) is 0 Å². The summed E-state index contributed by atoms with van der Waals surface area (Å²) in [4.78, 5) is 0. The van der Waals surface area contributed by atoms with Crippen LogP contribution in [0.5, 0.6) is 5.75 Å². The summed E-state index contributed by atoms with van der Waals surface area (Å²) in [7, 11) is 1.98. The van der Waals surface area contributed by atoms with Gasteiger partial charge in [-0.1, -0.05) is 35.9 Å². The molecule has 1 unspecified atom stereocenters. The molecule has 0 aliphatic rings. The van der Waals surface area contributed by atoms with E-state index < -0.39 is 0 Å². The fourth-order valence-corrected chi connectivity index (χ4v) is 2.86. The number of ether oxygens (including phenoxy) is 1. The van der Waals surface area contributed by atoms with Gasteiger partial charge >= 0.3 is 0 Å². The lowest BCUT2D eigenvalue weighted by molar-refractivity contribution is 0.338. The lowest BCUT2D eigenvalue weighted by atomic mass is 9.97. The standard InChI is InChI=1S/C17H20BrNO/c1-4-20-16-9-8-14(11-15(16)18)17(19-3)13-7-5-6-12(2)10-13/h5-11,17,19H,4H2,1-3H3. The van der Waals surface area contributed by atoms with Crippen molar-refractivity contribution in [2.75, 3.05) is 13.7 Å². The van der Waals surface area contributed by atoms with E-state index in [2.05, 4.69) is 64.6 Å². The van der Waals surface area contributed by atoms with E-state index in [4.69, 9.17) is 4.74 Å². The average molecular weight is 334 g/mol. The molecule has 0 amide bonds. The van der Waals surface area contributed by atoms with Gasteiger partial charge in [-0.05, 0) is 60.1 Å². The van der Waals surface area contributed by atoms with Gasteiger partial charge < -0.3 is 10.1 Å². The molecule has 0 aliphatic carbocycles. The summed E-state index contributed by atoms with van der Waals surface area (Å²) in [5.74, 6) is 0.885. The van der Waals surface area contributed by atoms with Gasteiger partial charge in [-0.2, -0.15) is 0 Å². The zero-order valence-corrected chi connectivity index (χ0v) is 13.7. The minimum absolute atomic E-state index is 0.182. The molecule has 0 aliphatic heterocycles. The highest BCUT2D eigenvalue weighted by Gasteiger charge is 2.13. The van der Waals surface area contributed by atoms with E-state index in [0.29, 0.717) is 6.61 Å². The third kappa shape index (κ3) is 3.41. The number of nitrogens with one attached hydrogen (secondary N) is 1. The Bertz CT molecular complexity index is 583. The van der Waals surface area contributed by atoms with Crippen LogP contribution in [0.4, 0.5) is 0 Å². The summed E-state index contributed by atoms with van der Waals surface area (Å²) in [5.41, 5.74) is 3.75. The number of halogens is 1. The van der Waals surface area contributed by atoms with Crippen molar-refractivity contribution in [2.24, 2.45) is 0 Å². The maximum Gasteiger partial charge on any atom is 0.133 e. The zero-order valence-electron chi connectivity index (χ0n) is 12.1. The molecule has 0 heterocycles. The normalized spacial score (nSPS) is 12.2. The maximum absolute atomic E-state index is 5.56. The molecule has 0 spiro atoms. The minimum atomic E-state index is 0.182. The van der Waals surface area contributed by atoms with Crippen molar-refractivity contribution in [2.45, 2.75) is 19.9 Å². The van der Waals surface area contributed by atoms with Crippen LogP contribution in [0.25, 0.3) is 0 Å². The molecule has 0 saturated carbocycles. The first kappa shape index (κ1) is 15.1. The van der Waals surface area contributed by atoms with Gasteiger partial charge in [0, 0.05) is 0 Å². The molecule has 2 aromatic carbocycles. The quantitative estimate of drug-likeness (QED) is 0.871. The van der Waals surface area contributed by atoms with Crippen LogP contribution >= 0.6 is 15.9 Å². The van der Waals surface area contributed by atoms with Crippen molar-refractivity contribution in [3.8, 4) is 5.75 Å². The molecule has 0 radical (unpaired) electrons. The molecule has 106 valence electrons. The topological polar surface area (TPSA) is 21.3 Å². The Hall–Kier alpha value is -1.32. The molecule has 0 fully saturated rings. The second-order valence-corrected chi connectivity index (χ2v) is 5.61. The predicted octanol–water partition coefficient (Wildman–Crippen LogP) is 4.47. The van der Waals surface area contributed by atoms with Gasteiger partial charge in [0.1, 0.15) is 5.75 Å². The van der Waals surface area contributed by atoms with Crippen LogP contribution in [-0.2, 0) is 0 Å². The Morgan fingerprint density at radius 1 is 1.15 bits per heavy atom. The highest BCUT2D eigenvalue weighted by molar-refractivity contribution is 9.10. The second-order valence-electron chi connectivity index (χ2n) is 4.76. The SMILES string of the molecule is CCOc1ccc(C(NC)c2cccc(C)c2)cc1Br. The van der Waals surface area contributed by atoms with Crippen LogP contribution in [0, 0.1) is 6.92 Å². The van der Waals surface area contributed by atoms with Crippen molar-refractivity contribution in [1.29, 1.82) is 0 Å². The van der Waals surface area contributed by atoms with E-state index in [-0.39, 0.29) is 6.04 Å². The number of benzene rings is 2. The third-order valence-electron chi connectivity index (χ3n) is 3.25. The fourth-order valence-electron chi connectivity index (χ4n) is 2.34. The summed E-state index contributed by atoms with van der Waals surface area (Å²) in [6.45, 7) is 4.78. The first-order valence-corrected chi connectivity index (χ1v) is 7.61. The number of aryl methyl sites for hydroxylation is 1. The fraction of sp³-hybridized carbons (Fsp3) is 0.294. The Labute approximate surface area is 129 Å². The molecule has 3 heteroatoms. The summed E-state index contributed by atoms with van der Waals surface area (Å²) in [6, 6.07) is 15.0. The molecule has 0 bridgehead atoms. The Kier molecular flexibility index (Phi) is 5.21. The van der Waals surface area contributed by atoms with E-state index in [0.717, 1.165) is 10.2 Å². The first-order chi connectivity index (χ1) is 9.65. The number of rotatable bonds is 5. The van der Waals surface area contributed by atoms with Crippen molar-refractivity contribution >= 4 is 15.9 Å². The lowest BCUT2D eigenvalue weighted by Crippen LogP contribution is -2.17. The van der Waals surface area contributed by atoms with Crippen molar-refractivity contribution in [3.63, 3.8) is 0 Å². The molecule has 1 atom stereocenters. The van der Waals surface area contributed by atoms with Crippen LogP contribution in [0.3, 0.4) is 0 Å². The summed E-state index contributed by atoms with van der Waals surface area (Å²) in [5, 5.41) is 3.38. The molecule has 20 heavy (non-hydrogen) atoms. The largest absolute Gasteiger partial charge is 0.493 e. The smallest absolute Gasteiger partial charge is 0.133 e. The molecule has 2 rings (SSSR count). The average Bonchev–Trinajstić information content (AvgIpc) is 2.43. The maximum atomic E-state index is 5.56. The van der Waals surface area contributed by atoms with Crippen molar-refractivity contribution < 1.29 is 4.74 Å². The lowest BCUT2D eigenvalue weighted by Gasteiger charge is -2.19. The molecule has 0 aromatic heterocycles. The Morgan fingerprint density at radius 3 is 2.50 bits per heavy atom. The number of hydrogen-bond donors (Lipinski definition) is 1. The van der Waals surface area contributed by atoms with Gasteiger partial charge in [-0.25, -0.2) is 0 Å². The van der Waals surface area contributed by atoms with Gasteiger partial charge in [-0.3, -0.25) is 0 Å². The van der Waals surface area contributed by atoms with Gasteiger partial charge in [0.15, 0.2) is 0 Å². The van der Waals surface area contributed by atoms with Crippen LogP contribution < -0.4 is 10.1 Å². The van der Waals surface area contributed by atoms with E-state index in [1.807, 2.05) is 20.0 Å². The van der Waals surface area contributed by atoms with Crippen molar-refractivity contribution in [1.82, 2.24) is 5.32 Å². The van der Waals surface area contributed by atoms with E-state index in [1.54, 1.807) is 0 Å². The molecular weight excluding hydrogens is 314 g/mol. The molecule has 1 N–H and O–H groups in total. The number of hydrogen-bond acceptors (Lipinski definition) is 2. The molecular formula is C17H20BrNO. The van der Waals surface area contributed by atoms with Gasteiger partial charge in [-0.15, -0.1) is 0 Å². The molecule has 2 aromatic rings. The van der Waals surface area contributed by atoms with Gasteiger partial charge in [0.2, 0.25) is 0 Å².